The largest absolute Gasteiger partial charge is 0.481 e. The number of rotatable bonds is 3. The van der Waals surface area contributed by atoms with E-state index >= 15 is 0 Å². The van der Waals surface area contributed by atoms with Crippen molar-refractivity contribution in [2.75, 3.05) is 7.11 Å². The second-order valence-corrected chi connectivity index (χ2v) is 3.63. The Morgan fingerprint density at radius 1 is 1.64 bits per heavy atom. The van der Waals surface area contributed by atoms with Crippen LogP contribution in [-0.4, -0.2) is 12.1 Å². The van der Waals surface area contributed by atoms with Gasteiger partial charge in [0.05, 0.1) is 7.11 Å². The van der Waals surface area contributed by atoms with Crippen LogP contribution in [0.2, 0.25) is 0 Å². The van der Waals surface area contributed by atoms with Gasteiger partial charge in [-0.15, -0.1) is 0 Å². The second-order valence-electron chi connectivity index (χ2n) is 2.53. The van der Waals surface area contributed by atoms with Crippen LogP contribution in [0.5, 0.6) is 5.88 Å². The number of ether oxygens (including phenoxy) is 1. The number of hydrogen-bond acceptors (Lipinski definition) is 3. The summed E-state index contributed by atoms with van der Waals surface area (Å²) < 4.78 is 30.5. The number of pyridine rings is 1. The van der Waals surface area contributed by atoms with Gasteiger partial charge in [-0.1, -0.05) is 0 Å². The third kappa shape index (κ3) is 2.30. The maximum absolute atomic E-state index is 12.6. The summed E-state index contributed by atoms with van der Waals surface area (Å²) in [5.41, 5.74) is 5.52. The molecular formula is C8H9F2IN2O. The normalized spacial score (nSPS) is 10.7. The lowest BCUT2D eigenvalue weighted by molar-refractivity contribution is 0.149. The molecule has 78 valence electrons. The Morgan fingerprint density at radius 2 is 2.29 bits per heavy atom. The van der Waals surface area contributed by atoms with Crippen LogP contribution in [-0.2, 0) is 6.54 Å². The SMILES string of the molecule is COc1nc(I)cc(C(F)F)c1CN. The molecule has 0 atom stereocenters. The first-order chi connectivity index (χ1) is 6.60. The van der Waals surface area contributed by atoms with Gasteiger partial charge in [0.1, 0.15) is 3.70 Å². The molecular weight excluding hydrogens is 305 g/mol. The molecule has 0 aliphatic carbocycles. The summed E-state index contributed by atoms with van der Waals surface area (Å²) in [5.74, 6) is 0.176. The zero-order valence-electron chi connectivity index (χ0n) is 7.43. The standard InChI is InChI=1S/C8H9F2IN2O/c1-14-8-5(3-12)4(7(9)10)2-6(11)13-8/h2,7H,3,12H2,1H3. The van der Waals surface area contributed by atoms with Gasteiger partial charge >= 0.3 is 0 Å². The summed E-state index contributed by atoms with van der Waals surface area (Å²) in [6.07, 6.45) is -2.56. The predicted molar refractivity (Wildman–Crippen MR) is 56.4 cm³/mol. The lowest BCUT2D eigenvalue weighted by Gasteiger charge is -2.11. The summed E-state index contributed by atoms with van der Waals surface area (Å²) in [7, 11) is 1.38. The highest BCUT2D eigenvalue weighted by atomic mass is 127. The highest BCUT2D eigenvalue weighted by molar-refractivity contribution is 14.1. The molecule has 1 aromatic heterocycles. The Hall–Kier alpha value is -0.500. The van der Waals surface area contributed by atoms with E-state index in [9.17, 15) is 8.78 Å². The average Bonchev–Trinajstić information content (AvgIpc) is 2.16. The topological polar surface area (TPSA) is 48.1 Å². The molecule has 0 spiro atoms. The van der Waals surface area contributed by atoms with Gasteiger partial charge in [-0.05, 0) is 28.7 Å². The zero-order chi connectivity index (χ0) is 10.7. The second kappa shape index (κ2) is 4.83. The molecule has 0 aliphatic heterocycles. The maximum Gasteiger partial charge on any atom is 0.264 e. The molecule has 0 aliphatic rings. The highest BCUT2D eigenvalue weighted by Crippen LogP contribution is 2.29. The van der Waals surface area contributed by atoms with Gasteiger partial charge in [0.15, 0.2) is 0 Å². The molecule has 1 heterocycles. The molecule has 0 fully saturated rings. The molecule has 0 aromatic carbocycles. The van der Waals surface area contributed by atoms with E-state index in [0.29, 0.717) is 3.70 Å². The van der Waals surface area contributed by atoms with Gasteiger partial charge in [0.2, 0.25) is 5.88 Å². The number of nitrogens with zero attached hydrogens (tertiary/aromatic N) is 1. The summed E-state index contributed by atoms with van der Waals surface area (Å²) in [6, 6.07) is 1.32. The first-order valence-electron chi connectivity index (χ1n) is 3.81. The third-order valence-corrected chi connectivity index (χ3v) is 2.27. The van der Waals surface area contributed by atoms with Crippen molar-refractivity contribution in [3.05, 3.63) is 20.9 Å². The fourth-order valence-corrected chi connectivity index (χ4v) is 1.66. The van der Waals surface area contributed by atoms with Gasteiger partial charge in [0, 0.05) is 17.7 Å². The highest BCUT2D eigenvalue weighted by Gasteiger charge is 2.18. The van der Waals surface area contributed by atoms with Crippen LogP contribution in [0.15, 0.2) is 6.07 Å². The van der Waals surface area contributed by atoms with Crippen molar-refractivity contribution < 1.29 is 13.5 Å². The number of hydrogen-bond donors (Lipinski definition) is 1. The molecule has 3 nitrogen and oxygen atoms in total. The van der Waals surface area contributed by atoms with Gasteiger partial charge in [-0.25, -0.2) is 13.8 Å². The Morgan fingerprint density at radius 3 is 2.71 bits per heavy atom. The Kier molecular flexibility index (Phi) is 3.99. The van der Waals surface area contributed by atoms with Crippen LogP contribution in [0.25, 0.3) is 0 Å². The van der Waals surface area contributed by atoms with Crippen LogP contribution in [0.3, 0.4) is 0 Å². The first kappa shape index (κ1) is 11.6. The van der Waals surface area contributed by atoms with Crippen LogP contribution >= 0.6 is 22.6 Å². The van der Waals surface area contributed by atoms with Crippen molar-refractivity contribution in [3.63, 3.8) is 0 Å². The minimum atomic E-state index is -2.56. The van der Waals surface area contributed by atoms with Crippen molar-refractivity contribution >= 4 is 22.6 Å². The molecule has 1 rings (SSSR count). The summed E-state index contributed by atoms with van der Waals surface area (Å²) in [5, 5.41) is 0. The molecule has 2 N–H and O–H groups in total. The Bertz CT molecular complexity index is 333. The maximum atomic E-state index is 12.6. The van der Waals surface area contributed by atoms with E-state index in [1.807, 2.05) is 22.6 Å². The fraction of sp³-hybridized carbons (Fsp3) is 0.375. The molecule has 0 saturated heterocycles. The zero-order valence-corrected chi connectivity index (χ0v) is 9.59. The van der Waals surface area contributed by atoms with Crippen LogP contribution in [0.1, 0.15) is 17.6 Å². The smallest absolute Gasteiger partial charge is 0.264 e. The molecule has 0 unspecified atom stereocenters. The van der Waals surface area contributed by atoms with Crippen LogP contribution in [0, 0.1) is 3.70 Å². The van der Waals surface area contributed by atoms with Crippen molar-refractivity contribution in [1.82, 2.24) is 4.98 Å². The van der Waals surface area contributed by atoms with Gasteiger partial charge in [0.25, 0.3) is 6.43 Å². The number of aromatic nitrogens is 1. The lowest BCUT2D eigenvalue weighted by Crippen LogP contribution is -2.07. The predicted octanol–water partition coefficient (Wildman–Crippen LogP) is 2.09. The van der Waals surface area contributed by atoms with Crippen LogP contribution in [0.4, 0.5) is 8.78 Å². The summed E-state index contributed by atoms with van der Waals surface area (Å²) >= 11 is 1.86. The number of alkyl halides is 2. The van der Waals surface area contributed by atoms with E-state index in [1.54, 1.807) is 0 Å². The van der Waals surface area contributed by atoms with Gasteiger partial charge in [-0.2, -0.15) is 0 Å². The number of nitrogens with two attached hydrogens (primary N) is 1. The van der Waals surface area contributed by atoms with Gasteiger partial charge in [-0.3, -0.25) is 0 Å². The first-order valence-corrected chi connectivity index (χ1v) is 4.89. The van der Waals surface area contributed by atoms with E-state index in [4.69, 9.17) is 10.5 Å². The monoisotopic (exact) mass is 314 g/mol. The molecule has 1 aromatic rings. The molecule has 0 amide bonds. The number of methoxy groups -OCH3 is 1. The number of halogens is 3. The molecule has 14 heavy (non-hydrogen) atoms. The van der Waals surface area contributed by atoms with Crippen molar-refractivity contribution in [3.8, 4) is 5.88 Å². The van der Waals surface area contributed by atoms with E-state index in [2.05, 4.69) is 4.98 Å². The van der Waals surface area contributed by atoms with Gasteiger partial charge < -0.3 is 10.5 Å². The Balaban J connectivity index is 3.31. The quantitative estimate of drug-likeness (QED) is 0.686. The molecule has 0 saturated carbocycles. The lowest BCUT2D eigenvalue weighted by atomic mass is 10.1. The van der Waals surface area contributed by atoms with Crippen molar-refractivity contribution in [2.24, 2.45) is 5.73 Å². The van der Waals surface area contributed by atoms with Crippen molar-refractivity contribution in [2.45, 2.75) is 13.0 Å². The van der Waals surface area contributed by atoms with E-state index in [-0.39, 0.29) is 23.6 Å². The molecule has 6 heteroatoms. The average molecular weight is 314 g/mol. The minimum Gasteiger partial charge on any atom is -0.481 e. The Labute approximate surface area is 93.8 Å². The van der Waals surface area contributed by atoms with Crippen molar-refractivity contribution in [1.29, 1.82) is 0 Å². The third-order valence-electron chi connectivity index (χ3n) is 1.72. The van der Waals surface area contributed by atoms with E-state index < -0.39 is 6.43 Å². The minimum absolute atomic E-state index is 0.00718. The molecule has 0 bridgehead atoms. The van der Waals surface area contributed by atoms with Crippen LogP contribution < -0.4 is 10.5 Å². The molecule has 0 radical (unpaired) electrons. The summed E-state index contributed by atoms with van der Waals surface area (Å²) in [4.78, 5) is 3.96. The fourth-order valence-electron chi connectivity index (χ4n) is 1.10. The summed E-state index contributed by atoms with van der Waals surface area (Å²) in [6.45, 7) is -0.00718. The van der Waals surface area contributed by atoms with E-state index in [1.165, 1.54) is 13.2 Å². The van der Waals surface area contributed by atoms with E-state index in [0.717, 1.165) is 0 Å².